The van der Waals surface area contributed by atoms with Gasteiger partial charge in [-0.05, 0) is 50.2 Å². The minimum absolute atomic E-state index is 0.00384. The molecule has 2 aromatic carbocycles. The molecule has 0 spiro atoms. The van der Waals surface area contributed by atoms with Gasteiger partial charge in [0.25, 0.3) is 5.91 Å². The normalized spacial score (nSPS) is 12.2. The van der Waals surface area contributed by atoms with Crippen LogP contribution in [0.3, 0.4) is 0 Å². The maximum atomic E-state index is 12.6. The van der Waals surface area contributed by atoms with Gasteiger partial charge in [0.1, 0.15) is 13.2 Å². The van der Waals surface area contributed by atoms with E-state index in [-0.39, 0.29) is 18.6 Å². The molecule has 0 aliphatic carbocycles. The maximum Gasteiger partial charge on any atom is 0.271 e. The number of para-hydroxylation sites is 1. The van der Waals surface area contributed by atoms with Crippen LogP contribution >= 0.6 is 0 Å². The predicted octanol–water partition coefficient (Wildman–Crippen LogP) is 3.29. The molecule has 1 aliphatic rings. The van der Waals surface area contributed by atoms with Crippen molar-refractivity contribution in [2.24, 2.45) is 0 Å². The van der Waals surface area contributed by atoms with E-state index in [1.54, 1.807) is 24.3 Å². The van der Waals surface area contributed by atoms with Gasteiger partial charge in [0.15, 0.2) is 17.3 Å². The Bertz CT molecular complexity index is 1200. The van der Waals surface area contributed by atoms with Crippen LogP contribution in [0.4, 0.5) is 0 Å². The number of fused-ring (bicyclic) bond motifs is 1. The second-order valence-corrected chi connectivity index (χ2v) is 7.74. The summed E-state index contributed by atoms with van der Waals surface area (Å²) < 4.78 is 12.9. The monoisotopic (exact) mass is 447 g/mol. The Labute approximate surface area is 191 Å². The van der Waals surface area contributed by atoms with Gasteiger partial charge < -0.3 is 14.0 Å². The largest absolute Gasteiger partial charge is 0.486 e. The Balaban J connectivity index is 1.31. The van der Waals surface area contributed by atoms with Crippen LogP contribution in [0.5, 0.6) is 11.5 Å². The van der Waals surface area contributed by atoms with E-state index in [2.05, 4.69) is 10.9 Å². The Morgan fingerprint density at radius 3 is 2.36 bits per heavy atom. The minimum Gasteiger partial charge on any atom is -0.486 e. The highest BCUT2D eigenvalue weighted by molar-refractivity contribution is 5.99. The van der Waals surface area contributed by atoms with Crippen molar-refractivity contribution in [1.82, 2.24) is 15.4 Å². The van der Waals surface area contributed by atoms with E-state index in [9.17, 15) is 14.4 Å². The third-order valence-electron chi connectivity index (χ3n) is 5.45. The molecule has 2 amide bonds. The van der Waals surface area contributed by atoms with E-state index in [0.717, 1.165) is 17.1 Å². The highest BCUT2D eigenvalue weighted by Crippen LogP contribution is 2.31. The van der Waals surface area contributed by atoms with Crippen LogP contribution < -0.4 is 20.3 Å². The molecule has 1 aromatic heterocycles. The van der Waals surface area contributed by atoms with Gasteiger partial charge in [-0.1, -0.05) is 18.2 Å². The van der Waals surface area contributed by atoms with Crippen LogP contribution in [0.25, 0.3) is 5.69 Å². The van der Waals surface area contributed by atoms with Crippen molar-refractivity contribution in [3.8, 4) is 17.2 Å². The number of aromatic nitrogens is 1. The Morgan fingerprint density at radius 2 is 1.61 bits per heavy atom. The summed E-state index contributed by atoms with van der Waals surface area (Å²) in [7, 11) is 0. The molecule has 2 N–H and O–H groups in total. The number of ether oxygens (including phenoxy) is 2. The number of hydrazine groups is 1. The number of carbonyl (C=O) groups is 3. The molecule has 1 aliphatic heterocycles. The summed E-state index contributed by atoms with van der Waals surface area (Å²) in [6, 6.07) is 16.4. The van der Waals surface area contributed by atoms with Crippen LogP contribution in [0.1, 0.15) is 44.9 Å². The lowest BCUT2D eigenvalue weighted by atomic mass is 10.1. The van der Waals surface area contributed by atoms with Crippen molar-refractivity contribution in [3.63, 3.8) is 0 Å². The molecule has 2 heterocycles. The van der Waals surface area contributed by atoms with Gasteiger partial charge in [0.05, 0.1) is 5.56 Å². The van der Waals surface area contributed by atoms with Crippen molar-refractivity contribution in [1.29, 1.82) is 0 Å². The number of amides is 2. The van der Waals surface area contributed by atoms with Gasteiger partial charge in [-0.2, -0.15) is 0 Å². The van der Waals surface area contributed by atoms with Gasteiger partial charge in [-0.15, -0.1) is 0 Å². The highest BCUT2D eigenvalue weighted by Gasteiger charge is 2.18. The number of ketones is 1. The molecule has 8 nitrogen and oxygen atoms in total. The number of aryl methyl sites for hydroxylation is 1. The van der Waals surface area contributed by atoms with Gasteiger partial charge >= 0.3 is 0 Å². The molecular formula is C25H25N3O5. The van der Waals surface area contributed by atoms with Crippen molar-refractivity contribution < 1.29 is 23.9 Å². The van der Waals surface area contributed by atoms with Gasteiger partial charge in [-0.3, -0.25) is 25.2 Å². The Morgan fingerprint density at radius 1 is 0.879 bits per heavy atom. The van der Waals surface area contributed by atoms with E-state index in [1.807, 2.05) is 48.7 Å². The van der Waals surface area contributed by atoms with Crippen LogP contribution in [0.15, 0.2) is 54.6 Å². The smallest absolute Gasteiger partial charge is 0.271 e. The quantitative estimate of drug-likeness (QED) is 0.446. The average Bonchev–Trinajstić information content (AvgIpc) is 3.14. The Kier molecular flexibility index (Phi) is 6.44. The second kappa shape index (κ2) is 9.60. The maximum absolute atomic E-state index is 12.6. The first kappa shape index (κ1) is 22.1. The number of carbonyl (C=O) groups excluding carboxylic acids is 3. The average molecular weight is 447 g/mol. The summed E-state index contributed by atoms with van der Waals surface area (Å²) in [6.45, 7) is 4.67. The standard InChI is InChI=1S/C25H25N3O5/c1-16-14-20(17(2)28(16)19-6-4-3-5-7-19)25(31)27-26-24(30)11-9-21(29)18-8-10-22-23(15-18)33-13-12-32-22/h3-8,10,14-15H,9,11-13H2,1-2H3,(H,26,30)(H,27,31). The fourth-order valence-electron chi connectivity index (χ4n) is 3.81. The molecule has 0 saturated carbocycles. The number of Topliss-reactive ketones (excluding diaryl/α,β-unsaturated/α-hetero) is 1. The van der Waals surface area contributed by atoms with Crippen molar-refractivity contribution in [3.05, 3.63) is 77.1 Å². The molecule has 0 fully saturated rings. The number of nitrogens with zero attached hydrogens (tertiary/aromatic N) is 1. The minimum atomic E-state index is -0.453. The van der Waals surface area contributed by atoms with Gasteiger partial charge in [0.2, 0.25) is 5.91 Å². The number of rotatable bonds is 6. The van der Waals surface area contributed by atoms with Crippen molar-refractivity contribution >= 4 is 17.6 Å². The summed E-state index contributed by atoms with van der Waals surface area (Å²) >= 11 is 0. The molecule has 0 saturated heterocycles. The SMILES string of the molecule is Cc1cc(C(=O)NNC(=O)CCC(=O)c2ccc3c(c2)OCCO3)c(C)n1-c1ccccc1. The molecule has 33 heavy (non-hydrogen) atoms. The van der Waals surface area contributed by atoms with Gasteiger partial charge in [0, 0.05) is 35.5 Å². The molecule has 0 atom stereocenters. The first-order chi connectivity index (χ1) is 15.9. The van der Waals surface area contributed by atoms with Crippen molar-refractivity contribution in [2.75, 3.05) is 13.2 Å². The molecule has 0 bridgehead atoms. The fraction of sp³-hybridized carbons (Fsp3) is 0.240. The second-order valence-electron chi connectivity index (χ2n) is 7.74. The summed E-state index contributed by atoms with van der Waals surface area (Å²) in [5.41, 5.74) is 8.35. The molecular weight excluding hydrogens is 422 g/mol. The van der Waals surface area contributed by atoms with E-state index >= 15 is 0 Å². The Hall–Kier alpha value is -4.07. The van der Waals surface area contributed by atoms with Crippen molar-refractivity contribution in [2.45, 2.75) is 26.7 Å². The molecule has 0 unspecified atom stereocenters. The molecule has 3 aromatic rings. The number of nitrogens with one attached hydrogen (secondary N) is 2. The third kappa shape index (κ3) is 4.90. The van der Waals surface area contributed by atoms with Crippen LogP contribution in [-0.4, -0.2) is 35.4 Å². The zero-order chi connectivity index (χ0) is 23.4. The molecule has 8 heteroatoms. The zero-order valence-corrected chi connectivity index (χ0v) is 18.5. The van der Waals surface area contributed by atoms with E-state index in [1.165, 1.54) is 0 Å². The molecule has 4 rings (SSSR count). The number of hydrogen-bond donors (Lipinski definition) is 2. The zero-order valence-electron chi connectivity index (χ0n) is 18.5. The first-order valence-electron chi connectivity index (χ1n) is 10.7. The molecule has 170 valence electrons. The lowest BCUT2D eigenvalue weighted by Crippen LogP contribution is -2.41. The summed E-state index contributed by atoms with van der Waals surface area (Å²) in [6.07, 6.45) is -0.0551. The van der Waals surface area contributed by atoms with E-state index < -0.39 is 11.8 Å². The first-order valence-corrected chi connectivity index (χ1v) is 10.7. The van der Waals surface area contributed by atoms with Crippen LogP contribution in [0.2, 0.25) is 0 Å². The highest BCUT2D eigenvalue weighted by atomic mass is 16.6. The summed E-state index contributed by atoms with van der Waals surface area (Å²) in [5, 5.41) is 0. The topological polar surface area (TPSA) is 98.7 Å². The lowest BCUT2D eigenvalue weighted by Gasteiger charge is -2.18. The third-order valence-corrected chi connectivity index (χ3v) is 5.45. The summed E-state index contributed by atoms with van der Waals surface area (Å²) in [5.74, 6) is 0.0598. The fourth-order valence-corrected chi connectivity index (χ4v) is 3.81. The van der Waals surface area contributed by atoms with E-state index in [0.29, 0.717) is 35.8 Å². The van der Waals surface area contributed by atoms with Gasteiger partial charge in [-0.25, -0.2) is 0 Å². The molecule has 0 radical (unpaired) electrons. The van der Waals surface area contributed by atoms with E-state index in [4.69, 9.17) is 9.47 Å². The lowest BCUT2D eigenvalue weighted by molar-refractivity contribution is -0.121. The predicted molar refractivity (Wildman–Crippen MR) is 122 cm³/mol. The number of hydrogen-bond acceptors (Lipinski definition) is 5. The van der Waals surface area contributed by atoms with Crippen LogP contribution in [-0.2, 0) is 4.79 Å². The summed E-state index contributed by atoms with van der Waals surface area (Å²) in [4.78, 5) is 37.3. The van der Waals surface area contributed by atoms with Crippen LogP contribution in [0, 0.1) is 13.8 Å². The number of benzene rings is 2.